The molecule has 2 atom stereocenters. The zero-order valence-corrected chi connectivity index (χ0v) is 12.2. The third kappa shape index (κ3) is 5.33. The van der Waals surface area contributed by atoms with Gasteiger partial charge in [0.1, 0.15) is 0 Å². The van der Waals surface area contributed by atoms with Crippen molar-refractivity contribution >= 4 is 5.97 Å². The van der Waals surface area contributed by atoms with E-state index in [1.807, 2.05) is 13.0 Å². The van der Waals surface area contributed by atoms with Gasteiger partial charge in [-0.15, -0.1) is 0 Å². The molecular weight excluding hydrogens is 242 g/mol. The Bertz CT molecular complexity index is 302. The fraction of sp³-hybridized carbons (Fsp3) is 0.800. The van der Waals surface area contributed by atoms with Crippen LogP contribution in [0.2, 0.25) is 0 Å². The lowest BCUT2D eigenvalue weighted by atomic mass is 9.79. The molecule has 0 aromatic carbocycles. The van der Waals surface area contributed by atoms with E-state index < -0.39 is 0 Å². The summed E-state index contributed by atoms with van der Waals surface area (Å²) in [5, 5.41) is 12.7. The van der Waals surface area contributed by atoms with Gasteiger partial charge in [-0.1, -0.05) is 25.8 Å². The van der Waals surface area contributed by atoms with E-state index in [1.54, 1.807) is 0 Å². The standard InChI is InChI=1S/C15H27NO3/c1-3-12(15(18)19-2)8-9-16-10-13-6-4-5-7-14(13)11-17/h8,13-14,16-17H,3-7,9-11H2,1-2H3. The van der Waals surface area contributed by atoms with E-state index in [-0.39, 0.29) is 5.97 Å². The zero-order chi connectivity index (χ0) is 14.1. The SMILES string of the molecule is CCC(=CCNCC1CCCCC1CO)C(=O)OC. The molecule has 0 aromatic heterocycles. The molecule has 2 unspecified atom stereocenters. The van der Waals surface area contributed by atoms with Crippen LogP contribution < -0.4 is 5.32 Å². The van der Waals surface area contributed by atoms with E-state index >= 15 is 0 Å². The second-order valence-electron chi connectivity index (χ2n) is 5.22. The van der Waals surface area contributed by atoms with E-state index in [4.69, 9.17) is 4.74 Å². The van der Waals surface area contributed by atoms with Crippen LogP contribution in [0.3, 0.4) is 0 Å². The van der Waals surface area contributed by atoms with Crippen LogP contribution in [0.15, 0.2) is 11.6 Å². The van der Waals surface area contributed by atoms with Gasteiger partial charge in [0.15, 0.2) is 0 Å². The third-order valence-corrected chi connectivity index (χ3v) is 4.03. The van der Waals surface area contributed by atoms with Crippen molar-refractivity contribution in [3.05, 3.63) is 11.6 Å². The summed E-state index contributed by atoms with van der Waals surface area (Å²) in [5.41, 5.74) is 0.720. The number of hydrogen-bond acceptors (Lipinski definition) is 4. The Morgan fingerprint density at radius 1 is 1.37 bits per heavy atom. The number of rotatable bonds is 7. The average Bonchev–Trinajstić information content (AvgIpc) is 2.47. The van der Waals surface area contributed by atoms with Crippen LogP contribution in [-0.4, -0.2) is 37.9 Å². The van der Waals surface area contributed by atoms with E-state index in [1.165, 1.54) is 26.4 Å². The van der Waals surface area contributed by atoms with Gasteiger partial charge in [-0.2, -0.15) is 0 Å². The van der Waals surface area contributed by atoms with Gasteiger partial charge in [0.2, 0.25) is 0 Å². The van der Waals surface area contributed by atoms with Gasteiger partial charge in [0.25, 0.3) is 0 Å². The van der Waals surface area contributed by atoms with Crippen LogP contribution in [0, 0.1) is 11.8 Å². The van der Waals surface area contributed by atoms with Crippen LogP contribution in [-0.2, 0) is 9.53 Å². The minimum atomic E-state index is -0.241. The molecule has 0 amide bonds. The molecule has 1 fully saturated rings. The third-order valence-electron chi connectivity index (χ3n) is 4.03. The maximum atomic E-state index is 11.4. The number of esters is 1. The molecule has 0 radical (unpaired) electrons. The highest BCUT2D eigenvalue weighted by Crippen LogP contribution is 2.28. The first-order chi connectivity index (χ1) is 9.22. The van der Waals surface area contributed by atoms with E-state index in [9.17, 15) is 9.90 Å². The van der Waals surface area contributed by atoms with Gasteiger partial charge in [0, 0.05) is 18.7 Å². The topological polar surface area (TPSA) is 58.6 Å². The monoisotopic (exact) mass is 269 g/mol. The molecule has 19 heavy (non-hydrogen) atoms. The molecule has 110 valence electrons. The Kier molecular flexibility index (Phi) is 7.75. The molecule has 0 bridgehead atoms. The number of hydrogen-bond donors (Lipinski definition) is 2. The molecule has 0 aliphatic heterocycles. The Labute approximate surface area is 116 Å². The van der Waals surface area contributed by atoms with Gasteiger partial charge in [0.05, 0.1) is 7.11 Å². The Morgan fingerprint density at radius 3 is 2.63 bits per heavy atom. The fourth-order valence-electron chi connectivity index (χ4n) is 2.76. The number of nitrogens with one attached hydrogen (secondary N) is 1. The van der Waals surface area contributed by atoms with Crippen LogP contribution in [0.25, 0.3) is 0 Å². The highest BCUT2D eigenvalue weighted by Gasteiger charge is 2.23. The van der Waals surface area contributed by atoms with Crippen LogP contribution >= 0.6 is 0 Å². The molecule has 0 spiro atoms. The Morgan fingerprint density at radius 2 is 2.05 bits per heavy atom. The molecule has 4 heteroatoms. The number of carbonyl (C=O) groups excluding carboxylic acids is 1. The smallest absolute Gasteiger partial charge is 0.333 e. The molecule has 0 saturated heterocycles. The van der Waals surface area contributed by atoms with Crippen molar-refractivity contribution in [3.8, 4) is 0 Å². The minimum absolute atomic E-state index is 0.241. The molecule has 1 aliphatic rings. The van der Waals surface area contributed by atoms with Crippen molar-refractivity contribution in [2.45, 2.75) is 39.0 Å². The quantitative estimate of drug-likeness (QED) is 0.421. The van der Waals surface area contributed by atoms with Gasteiger partial charge < -0.3 is 15.2 Å². The first-order valence-corrected chi connectivity index (χ1v) is 7.31. The summed E-state index contributed by atoms with van der Waals surface area (Å²) in [6.45, 7) is 3.85. The van der Waals surface area contributed by atoms with Crippen molar-refractivity contribution in [1.29, 1.82) is 0 Å². The largest absolute Gasteiger partial charge is 0.466 e. The maximum Gasteiger partial charge on any atom is 0.333 e. The predicted octanol–water partition coefficient (Wildman–Crippen LogP) is 1.88. The lowest BCUT2D eigenvalue weighted by Crippen LogP contribution is -2.32. The zero-order valence-electron chi connectivity index (χ0n) is 12.2. The molecular formula is C15H27NO3. The summed E-state index contributed by atoms with van der Waals surface area (Å²) in [5.74, 6) is 0.766. The Hall–Kier alpha value is -0.870. The lowest BCUT2D eigenvalue weighted by Gasteiger charge is -2.30. The molecule has 0 aromatic rings. The van der Waals surface area contributed by atoms with Gasteiger partial charge in [-0.25, -0.2) is 4.79 Å². The van der Waals surface area contributed by atoms with Crippen molar-refractivity contribution in [2.75, 3.05) is 26.8 Å². The van der Waals surface area contributed by atoms with Gasteiger partial charge >= 0.3 is 5.97 Å². The van der Waals surface area contributed by atoms with Crippen LogP contribution in [0.1, 0.15) is 39.0 Å². The molecule has 4 nitrogen and oxygen atoms in total. The number of aliphatic hydroxyl groups is 1. The number of carbonyl (C=O) groups is 1. The summed E-state index contributed by atoms with van der Waals surface area (Å²) in [4.78, 5) is 11.4. The van der Waals surface area contributed by atoms with Crippen molar-refractivity contribution in [2.24, 2.45) is 11.8 Å². The first kappa shape index (κ1) is 16.2. The van der Waals surface area contributed by atoms with Crippen molar-refractivity contribution < 1.29 is 14.6 Å². The van der Waals surface area contributed by atoms with Gasteiger partial charge in [-0.3, -0.25) is 0 Å². The highest BCUT2D eigenvalue weighted by molar-refractivity contribution is 5.88. The molecule has 1 saturated carbocycles. The summed E-state index contributed by atoms with van der Waals surface area (Å²) in [7, 11) is 1.41. The van der Waals surface area contributed by atoms with Crippen molar-refractivity contribution in [1.82, 2.24) is 5.32 Å². The minimum Gasteiger partial charge on any atom is -0.466 e. The number of methoxy groups -OCH3 is 1. The lowest BCUT2D eigenvalue weighted by molar-refractivity contribution is -0.136. The first-order valence-electron chi connectivity index (χ1n) is 7.31. The van der Waals surface area contributed by atoms with Gasteiger partial charge in [-0.05, 0) is 37.6 Å². The Balaban J connectivity index is 2.32. The summed E-state index contributed by atoms with van der Waals surface area (Å²) in [6.07, 6.45) is 7.44. The molecule has 1 aliphatic carbocycles. The van der Waals surface area contributed by atoms with E-state index in [0.29, 0.717) is 31.4 Å². The second-order valence-corrected chi connectivity index (χ2v) is 5.22. The number of ether oxygens (including phenoxy) is 1. The second kappa shape index (κ2) is 9.10. The fourth-order valence-corrected chi connectivity index (χ4v) is 2.76. The van der Waals surface area contributed by atoms with Crippen LogP contribution in [0.5, 0.6) is 0 Å². The van der Waals surface area contributed by atoms with Crippen molar-refractivity contribution in [3.63, 3.8) is 0 Å². The summed E-state index contributed by atoms with van der Waals surface area (Å²) in [6, 6.07) is 0. The normalized spacial score (nSPS) is 24.3. The molecule has 2 N–H and O–H groups in total. The summed E-state index contributed by atoms with van der Waals surface area (Å²) >= 11 is 0. The molecule has 0 heterocycles. The van der Waals surface area contributed by atoms with E-state index in [2.05, 4.69) is 5.32 Å². The summed E-state index contributed by atoms with van der Waals surface area (Å²) < 4.78 is 4.72. The molecule has 1 rings (SSSR count). The number of aliphatic hydroxyl groups excluding tert-OH is 1. The van der Waals surface area contributed by atoms with Crippen LogP contribution in [0.4, 0.5) is 0 Å². The van der Waals surface area contributed by atoms with E-state index in [0.717, 1.165) is 18.5 Å². The average molecular weight is 269 g/mol. The maximum absolute atomic E-state index is 11.4. The highest BCUT2D eigenvalue weighted by atomic mass is 16.5. The predicted molar refractivity (Wildman–Crippen MR) is 75.8 cm³/mol.